The molecule has 0 heterocycles. The summed E-state index contributed by atoms with van der Waals surface area (Å²) < 4.78 is 5.48. The van der Waals surface area contributed by atoms with Gasteiger partial charge in [0.05, 0.1) is 25.4 Å². The molecule has 2 unspecified atom stereocenters. The van der Waals surface area contributed by atoms with Crippen molar-refractivity contribution in [3.8, 4) is 0 Å². The van der Waals surface area contributed by atoms with E-state index in [1.165, 1.54) is 238 Å². The number of ether oxygens (including phenoxy) is 1. The monoisotopic (exact) mass is 946 g/mol. The first-order valence-corrected chi connectivity index (χ1v) is 30.4. The molecule has 398 valence electrons. The Morgan fingerprint density at radius 2 is 0.701 bits per heavy atom. The van der Waals surface area contributed by atoms with Gasteiger partial charge in [0.1, 0.15) is 0 Å². The predicted octanol–water partition coefficient (Wildman–Crippen LogP) is 18.9. The normalized spacial score (nSPS) is 12.6. The Morgan fingerprint density at radius 3 is 1.06 bits per heavy atom. The van der Waals surface area contributed by atoms with Crippen molar-refractivity contribution in [1.29, 1.82) is 0 Å². The van der Waals surface area contributed by atoms with E-state index in [4.69, 9.17) is 4.74 Å². The molecule has 0 aromatic carbocycles. The molecule has 0 fully saturated rings. The van der Waals surface area contributed by atoms with Crippen molar-refractivity contribution >= 4 is 11.9 Å². The standard InChI is InChI=1S/C61H119NO5/c1-3-5-7-9-11-13-15-17-19-21-23-27-31-35-39-43-47-51-55-61(66)67-56-52-48-44-40-36-32-28-24-26-30-34-38-42-46-50-54-60(65)62-58(57-63)59(64)53-49-45-41-37-33-29-25-22-20-18-16-14-12-10-8-6-4-2/h28,32,58-59,63-64H,3-27,29-31,33-57H2,1-2H3,(H,62,65)/b32-28-. The predicted molar refractivity (Wildman–Crippen MR) is 292 cm³/mol. The van der Waals surface area contributed by atoms with Crippen molar-refractivity contribution in [2.75, 3.05) is 13.2 Å². The molecule has 67 heavy (non-hydrogen) atoms. The average molecular weight is 947 g/mol. The highest BCUT2D eigenvalue weighted by atomic mass is 16.5. The Balaban J connectivity index is 3.44. The molecule has 2 atom stereocenters. The van der Waals surface area contributed by atoms with Gasteiger partial charge in [0.15, 0.2) is 0 Å². The van der Waals surface area contributed by atoms with Gasteiger partial charge in [-0.1, -0.05) is 289 Å². The molecule has 0 aliphatic rings. The third-order valence-corrected chi connectivity index (χ3v) is 14.3. The Labute approximate surface area is 419 Å². The van der Waals surface area contributed by atoms with Gasteiger partial charge in [-0.15, -0.1) is 0 Å². The van der Waals surface area contributed by atoms with Crippen LogP contribution in [0.15, 0.2) is 12.2 Å². The van der Waals surface area contributed by atoms with Crippen molar-refractivity contribution < 1.29 is 24.5 Å². The first-order chi connectivity index (χ1) is 33.0. The maximum Gasteiger partial charge on any atom is 0.305 e. The largest absolute Gasteiger partial charge is 0.466 e. The van der Waals surface area contributed by atoms with Gasteiger partial charge in [-0.05, 0) is 51.4 Å². The van der Waals surface area contributed by atoms with E-state index in [2.05, 4.69) is 31.3 Å². The van der Waals surface area contributed by atoms with Crippen LogP contribution in [0.5, 0.6) is 0 Å². The van der Waals surface area contributed by atoms with Gasteiger partial charge in [0, 0.05) is 12.8 Å². The van der Waals surface area contributed by atoms with Crippen LogP contribution in [0.1, 0.15) is 341 Å². The maximum absolute atomic E-state index is 12.5. The van der Waals surface area contributed by atoms with Crippen LogP contribution in [-0.2, 0) is 14.3 Å². The van der Waals surface area contributed by atoms with Gasteiger partial charge in [-0.25, -0.2) is 0 Å². The summed E-state index contributed by atoms with van der Waals surface area (Å²) in [6.45, 7) is 4.95. The number of hydrogen-bond donors (Lipinski definition) is 3. The van der Waals surface area contributed by atoms with Gasteiger partial charge < -0.3 is 20.3 Å². The molecule has 1 amide bonds. The number of unbranched alkanes of at least 4 members (excludes halogenated alkanes) is 44. The number of esters is 1. The van der Waals surface area contributed by atoms with E-state index in [-0.39, 0.29) is 18.5 Å². The van der Waals surface area contributed by atoms with E-state index in [0.29, 0.717) is 25.9 Å². The van der Waals surface area contributed by atoms with E-state index >= 15 is 0 Å². The second kappa shape index (κ2) is 57.2. The Bertz CT molecular complexity index is 1000. The van der Waals surface area contributed by atoms with Crippen LogP contribution in [0.2, 0.25) is 0 Å². The van der Waals surface area contributed by atoms with E-state index in [1.807, 2.05) is 0 Å². The lowest BCUT2D eigenvalue weighted by Gasteiger charge is -2.22. The van der Waals surface area contributed by atoms with Crippen LogP contribution in [-0.4, -0.2) is 47.4 Å². The van der Waals surface area contributed by atoms with E-state index < -0.39 is 12.1 Å². The SMILES string of the molecule is CCCCCCCCCCCCCCCCCCCCC(=O)OCCCCCC/C=C\CCCCCCCCCC(=O)NC(CO)C(O)CCCCCCCCCCCCCCCCCCC. The summed E-state index contributed by atoms with van der Waals surface area (Å²) >= 11 is 0. The number of carbonyl (C=O) groups excluding carboxylic acids is 2. The summed E-state index contributed by atoms with van der Waals surface area (Å²) in [7, 11) is 0. The molecule has 0 radical (unpaired) electrons. The van der Waals surface area contributed by atoms with Gasteiger partial charge in [-0.2, -0.15) is 0 Å². The van der Waals surface area contributed by atoms with Crippen molar-refractivity contribution in [3.63, 3.8) is 0 Å². The fourth-order valence-corrected chi connectivity index (χ4v) is 9.64. The Hall–Kier alpha value is -1.40. The topological polar surface area (TPSA) is 95.9 Å². The molecule has 0 saturated heterocycles. The summed E-state index contributed by atoms with van der Waals surface area (Å²) in [5, 5.41) is 23.3. The van der Waals surface area contributed by atoms with Gasteiger partial charge >= 0.3 is 5.97 Å². The number of allylic oxidation sites excluding steroid dienone is 2. The molecular weight excluding hydrogens is 827 g/mol. The Kier molecular flexibility index (Phi) is 56.0. The zero-order valence-electron chi connectivity index (χ0n) is 45.4. The number of carbonyl (C=O) groups is 2. The van der Waals surface area contributed by atoms with E-state index in [9.17, 15) is 19.8 Å². The van der Waals surface area contributed by atoms with Crippen molar-refractivity contribution in [3.05, 3.63) is 12.2 Å². The van der Waals surface area contributed by atoms with Gasteiger partial charge in [-0.3, -0.25) is 9.59 Å². The zero-order valence-corrected chi connectivity index (χ0v) is 45.4. The van der Waals surface area contributed by atoms with Crippen molar-refractivity contribution in [2.45, 2.75) is 353 Å². The smallest absolute Gasteiger partial charge is 0.305 e. The average Bonchev–Trinajstić information content (AvgIpc) is 3.33. The molecule has 0 aromatic rings. The van der Waals surface area contributed by atoms with E-state index in [0.717, 1.165) is 70.6 Å². The van der Waals surface area contributed by atoms with Crippen LogP contribution < -0.4 is 5.32 Å². The van der Waals surface area contributed by atoms with Crippen LogP contribution in [0.4, 0.5) is 0 Å². The lowest BCUT2D eigenvalue weighted by molar-refractivity contribution is -0.143. The first kappa shape index (κ1) is 65.6. The van der Waals surface area contributed by atoms with Crippen LogP contribution in [0, 0.1) is 0 Å². The lowest BCUT2D eigenvalue weighted by Crippen LogP contribution is -2.45. The van der Waals surface area contributed by atoms with Crippen LogP contribution >= 0.6 is 0 Å². The highest BCUT2D eigenvalue weighted by Crippen LogP contribution is 2.18. The molecule has 0 saturated carbocycles. The maximum atomic E-state index is 12.5. The van der Waals surface area contributed by atoms with Crippen molar-refractivity contribution in [1.82, 2.24) is 5.32 Å². The summed E-state index contributed by atoms with van der Waals surface area (Å²) in [4.78, 5) is 24.6. The molecule has 0 aliphatic carbocycles. The molecule has 3 N–H and O–H groups in total. The fraction of sp³-hybridized carbons (Fsp3) is 0.934. The molecular formula is C61H119NO5. The second-order valence-corrected chi connectivity index (χ2v) is 21.0. The highest BCUT2D eigenvalue weighted by molar-refractivity contribution is 5.76. The molecule has 6 heteroatoms. The van der Waals surface area contributed by atoms with Gasteiger partial charge in [0.2, 0.25) is 5.91 Å². The number of amides is 1. The van der Waals surface area contributed by atoms with Crippen molar-refractivity contribution in [2.24, 2.45) is 0 Å². The minimum absolute atomic E-state index is 0.00480. The van der Waals surface area contributed by atoms with Crippen LogP contribution in [0.3, 0.4) is 0 Å². The Morgan fingerprint density at radius 1 is 0.403 bits per heavy atom. The molecule has 0 aliphatic heterocycles. The number of hydrogen-bond acceptors (Lipinski definition) is 5. The summed E-state index contributed by atoms with van der Waals surface area (Å²) in [6, 6.07) is -0.552. The summed E-state index contributed by atoms with van der Waals surface area (Å²) in [5.74, 6) is -0.0519. The van der Waals surface area contributed by atoms with Gasteiger partial charge in [0.25, 0.3) is 0 Å². The minimum atomic E-state index is -0.674. The molecule has 0 aromatic heterocycles. The summed E-state index contributed by atoms with van der Waals surface area (Å²) in [6.07, 6.45) is 67.8. The molecule has 0 rings (SSSR count). The quantitative estimate of drug-likeness (QED) is 0.0321. The number of nitrogens with one attached hydrogen (secondary N) is 1. The first-order valence-electron chi connectivity index (χ1n) is 30.4. The third-order valence-electron chi connectivity index (χ3n) is 14.3. The number of aliphatic hydroxyl groups excluding tert-OH is 2. The molecule has 6 nitrogen and oxygen atoms in total. The molecule has 0 bridgehead atoms. The zero-order chi connectivity index (χ0) is 48.6. The summed E-state index contributed by atoms with van der Waals surface area (Å²) in [5.41, 5.74) is 0. The highest BCUT2D eigenvalue weighted by Gasteiger charge is 2.20. The fourth-order valence-electron chi connectivity index (χ4n) is 9.64. The third kappa shape index (κ3) is 53.8. The minimum Gasteiger partial charge on any atom is -0.466 e. The number of aliphatic hydroxyl groups is 2. The van der Waals surface area contributed by atoms with E-state index in [1.54, 1.807) is 0 Å². The molecule has 0 spiro atoms. The lowest BCUT2D eigenvalue weighted by atomic mass is 10.0. The number of rotatable bonds is 57. The second-order valence-electron chi connectivity index (χ2n) is 21.0. The van der Waals surface area contributed by atoms with Crippen LogP contribution in [0.25, 0.3) is 0 Å².